The summed E-state index contributed by atoms with van der Waals surface area (Å²) in [5, 5.41) is 6.68. The molecule has 0 amide bonds. The van der Waals surface area contributed by atoms with Crippen molar-refractivity contribution in [1.29, 1.82) is 0 Å². The fourth-order valence-electron chi connectivity index (χ4n) is 1.62. The zero-order chi connectivity index (χ0) is 10.7. The predicted octanol–water partition coefficient (Wildman–Crippen LogP) is 2.74. The summed E-state index contributed by atoms with van der Waals surface area (Å²) in [5.74, 6) is 0. The summed E-state index contributed by atoms with van der Waals surface area (Å²) in [6, 6.07) is 10.7. The van der Waals surface area contributed by atoms with Crippen molar-refractivity contribution in [2.45, 2.75) is 19.4 Å². The maximum atomic E-state index is 5.12. The third kappa shape index (κ3) is 2.33. The van der Waals surface area contributed by atoms with Crippen molar-refractivity contribution >= 4 is 12.2 Å². The normalized spacial score (nSPS) is 12.6. The van der Waals surface area contributed by atoms with E-state index in [2.05, 4.69) is 41.4 Å². The van der Waals surface area contributed by atoms with Gasteiger partial charge in [-0.15, -0.1) is 0 Å². The summed E-state index contributed by atoms with van der Waals surface area (Å²) in [6.07, 6.45) is 2.71. The van der Waals surface area contributed by atoms with E-state index in [-0.39, 0.29) is 0 Å². The van der Waals surface area contributed by atoms with Gasteiger partial charge in [0.05, 0.1) is 0 Å². The highest BCUT2D eigenvalue weighted by Crippen LogP contribution is 2.13. The quantitative estimate of drug-likeness (QED) is 0.805. The number of H-pyrrole nitrogens is 1. The summed E-state index contributed by atoms with van der Waals surface area (Å²) in [4.78, 5) is 0. The number of hydrogen-bond acceptors (Lipinski definition) is 2. The lowest BCUT2D eigenvalue weighted by Gasteiger charge is -2.11. The molecule has 0 saturated carbocycles. The number of aromatic nitrogens is 3. The maximum Gasteiger partial charge on any atom is 0.195 e. The van der Waals surface area contributed by atoms with Gasteiger partial charge in [-0.25, -0.2) is 0 Å². The van der Waals surface area contributed by atoms with Gasteiger partial charge >= 0.3 is 0 Å². The fourth-order valence-corrected chi connectivity index (χ4v) is 1.90. The first-order valence-electron chi connectivity index (χ1n) is 4.93. The largest absolute Gasteiger partial charge is 0.304 e. The van der Waals surface area contributed by atoms with Gasteiger partial charge < -0.3 is 4.57 Å². The molecule has 0 aliphatic carbocycles. The molecular weight excluding hydrogens is 206 g/mol. The minimum atomic E-state index is 0.332. The molecule has 1 atom stereocenters. The molecule has 0 aliphatic heterocycles. The molecule has 1 aromatic carbocycles. The standard InChI is InChI=1S/C11H13N3S/c1-9(14-8-12-13-11(14)15)7-10-5-3-2-4-6-10/h2-6,8-9H,7H2,1H3,(H,13,15). The zero-order valence-electron chi connectivity index (χ0n) is 8.55. The number of hydrogen-bond donors (Lipinski definition) is 1. The van der Waals surface area contributed by atoms with Gasteiger partial charge in [0.1, 0.15) is 6.33 Å². The van der Waals surface area contributed by atoms with Crippen molar-refractivity contribution < 1.29 is 0 Å². The maximum absolute atomic E-state index is 5.12. The Hall–Kier alpha value is -1.42. The van der Waals surface area contributed by atoms with Gasteiger partial charge in [-0.1, -0.05) is 30.3 Å². The van der Waals surface area contributed by atoms with E-state index in [0.29, 0.717) is 10.8 Å². The average Bonchev–Trinajstić information content (AvgIpc) is 2.66. The van der Waals surface area contributed by atoms with E-state index < -0.39 is 0 Å². The van der Waals surface area contributed by atoms with E-state index in [4.69, 9.17) is 12.2 Å². The molecule has 1 unspecified atom stereocenters. The van der Waals surface area contributed by atoms with E-state index in [1.807, 2.05) is 10.6 Å². The Morgan fingerprint density at radius 2 is 2.13 bits per heavy atom. The molecule has 0 bridgehead atoms. The molecule has 78 valence electrons. The molecule has 1 heterocycles. The second-order valence-electron chi connectivity index (χ2n) is 3.61. The fraction of sp³-hybridized carbons (Fsp3) is 0.273. The minimum Gasteiger partial charge on any atom is -0.304 e. The molecule has 15 heavy (non-hydrogen) atoms. The highest BCUT2D eigenvalue weighted by atomic mass is 32.1. The molecule has 0 radical (unpaired) electrons. The van der Waals surface area contributed by atoms with Crippen molar-refractivity contribution in [1.82, 2.24) is 14.8 Å². The van der Waals surface area contributed by atoms with Gasteiger partial charge in [-0.2, -0.15) is 5.10 Å². The Kier molecular flexibility index (Phi) is 2.97. The Bertz CT molecular complexity index is 472. The molecule has 0 saturated heterocycles. The van der Waals surface area contributed by atoms with Crippen LogP contribution in [0.2, 0.25) is 0 Å². The van der Waals surface area contributed by atoms with Crippen molar-refractivity contribution in [2.75, 3.05) is 0 Å². The zero-order valence-corrected chi connectivity index (χ0v) is 9.37. The van der Waals surface area contributed by atoms with Crippen LogP contribution in [0.3, 0.4) is 0 Å². The monoisotopic (exact) mass is 219 g/mol. The summed E-state index contributed by atoms with van der Waals surface area (Å²) in [6.45, 7) is 2.14. The molecule has 2 rings (SSSR count). The predicted molar refractivity (Wildman–Crippen MR) is 62.3 cm³/mol. The Morgan fingerprint density at radius 3 is 2.73 bits per heavy atom. The minimum absolute atomic E-state index is 0.332. The summed E-state index contributed by atoms with van der Waals surface area (Å²) in [5.41, 5.74) is 1.31. The molecule has 0 aliphatic rings. The van der Waals surface area contributed by atoms with Crippen LogP contribution in [0.4, 0.5) is 0 Å². The van der Waals surface area contributed by atoms with Crippen molar-refractivity contribution in [3.8, 4) is 0 Å². The summed E-state index contributed by atoms with van der Waals surface area (Å²) in [7, 11) is 0. The van der Waals surface area contributed by atoms with E-state index in [9.17, 15) is 0 Å². The average molecular weight is 219 g/mol. The lowest BCUT2D eigenvalue weighted by molar-refractivity contribution is 0.537. The summed E-state index contributed by atoms with van der Waals surface area (Å²) >= 11 is 5.12. The van der Waals surface area contributed by atoms with Crippen LogP contribution in [0.5, 0.6) is 0 Å². The van der Waals surface area contributed by atoms with Crippen LogP contribution in [0.15, 0.2) is 36.7 Å². The van der Waals surface area contributed by atoms with E-state index in [1.165, 1.54) is 5.56 Å². The smallest absolute Gasteiger partial charge is 0.195 e. The number of rotatable bonds is 3. The third-order valence-corrected chi connectivity index (χ3v) is 2.73. The van der Waals surface area contributed by atoms with Crippen LogP contribution in [-0.4, -0.2) is 14.8 Å². The topological polar surface area (TPSA) is 33.6 Å². The molecule has 0 spiro atoms. The van der Waals surface area contributed by atoms with Crippen LogP contribution in [0.25, 0.3) is 0 Å². The molecule has 0 fully saturated rings. The molecular formula is C11H13N3S. The van der Waals surface area contributed by atoms with Gasteiger partial charge in [0, 0.05) is 6.04 Å². The number of benzene rings is 1. The third-order valence-electron chi connectivity index (χ3n) is 2.43. The van der Waals surface area contributed by atoms with Crippen LogP contribution < -0.4 is 0 Å². The second kappa shape index (κ2) is 4.40. The van der Waals surface area contributed by atoms with Crippen molar-refractivity contribution in [2.24, 2.45) is 0 Å². The van der Waals surface area contributed by atoms with Crippen LogP contribution >= 0.6 is 12.2 Å². The first-order valence-corrected chi connectivity index (χ1v) is 5.33. The van der Waals surface area contributed by atoms with Gasteiger partial charge in [0.25, 0.3) is 0 Å². The van der Waals surface area contributed by atoms with Crippen LogP contribution in [0.1, 0.15) is 18.5 Å². The van der Waals surface area contributed by atoms with Crippen LogP contribution in [-0.2, 0) is 6.42 Å². The Balaban J connectivity index is 2.14. The van der Waals surface area contributed by atoms with E-state index in [1.54, 1.807) is 6.33 Å². The highest BCUT2D eigenvalue weighted by molar-refractivity contribution is 7.71. The summed E-state index contributed by atoms with van der Waals surface area (Å²) < 4.78 is 2.65. The molecule has 4 heteroatoms. The van der Waals surface area contributed by atoms with Crippen molar-refractivity contribution in [3.63, 3.8) is 0 Å². The molecule has 3 nitrogen and oxygen atoms in total. The second-order valence-corrected chi connectivity index (χ2v) is 3.99. The van der Waals surface area contributed by atoms with E-state index in [0.717, 1.165) is 6.42 Å². The lowest BCUT2D eigenvalue weighted by Crippen LogP contribution is -2.07. The molecule has 2 aromatic rings. The first kappa shape index (κ1) is 10.1. The van der Waals surface area contributed by atoms with Gasteiger partial charge in [0.15, 0.2) is 4.77 Å². The SMILES string of the molecule is CC(Cc1ccccc1)n1cn[nH]c1=S. The van der Waals surface area contributed by atoms with Crippen LogP contribution in [0, 0.1) is 4.77 Å². The highest BCUT2D eigenvalue weighted by Gasteiger charge is 2.06. The Labute approximate surface area is 93.8 Å². The van der Waals surface area contributed by atoms with Crippen molar-refractivity contribution in [3.05, 3.63) is 47.0 Å². The molecule has 1 N–H and O–H groups in total. The van der Waals surface area contributed by atoms with Gasteiger partial charge in [-0.05, 0) is 31.1 Å². The molecule has 1 aromatic heterocycles. The van der Waals surface area contributed by atoms with Gasteiger partial charge in [-0.3, -0.25) is 5.10 Å². The lowest BCUT2D eigenvalue weighted by atomic mass is 10.1. The van der Waals surface area contributed by atoms with Gasteiger partial charge in [0.2, 0.25) is 0 Å². The number of aromatic amines is 1. The Morgan fingerprint density at radius 1 is 1.40 bits per heavy atom. The number of nitrogens with one attached hydrogen (secondary N) is 1. The number of nitrogens with zero attached hydrogens (tertiary/aromatic N) is 2. The van der Waals surface area contributed by atoms with E-state index >= 15 is 0 Å². The first-order chi connectivity index (χ1) is 7.27.